The highest BCUT2D eigenvalue weighted by Gasteiger charge is 2.20. The van der Waals surface area contributed by atoms with E-state index in [0.717, 1.165) is 25.9 Å². The van der Waals surface area contributed by atoms with Gasteiger partial charge in [-0.25, -0.2) is 4.68 Å². The Kier molecular flexibility index (Phi) is 5.60. The van der Waals surface area contributed by atoms with Crippen LogP contribution in [0.25, 0.3) is 5.69 Å². The van der Waals surface area contributed by atoms with Gasteiger partial charge in [-0.2, -0.15) is 5.10 Å². The molecule has 1 aromatic carbocycles. The highest BCUT2D eigenvalue weighted by atomic mass is 16.6. The van der Waals surface area contributed by atoms with Crippen molar-refractivity contribution >= 4 is 11.6 Å². The predicted octanol–water partition coefficient (Wildman–Crippen LogP) is 1.18. The lowest BCUT2D eigenvalue weighted by Gasteiger charge is -2.12. The zero-order valence-electron chi connectivity index (χ0n) is 15.0. The lowest BCUT2D eigenvalue weighted by Crippen LogP contribution is -2.33. The van der Waals surface area contributed by atoms with Crippen LogP contribution in [0.3, 0.4) is 0 Å². The Labute approximate surface area is 155 Å². The normalized spacial score (nSPS) is 16.3. The molecule has 1 amide bonds. The third-order valence-corrected chi connectivity index (χ3v) is 4.63. The molecule has 1 aliphatic heterocycles. The fourth-order valence-corrected chi connectivity index (χ4v) is 3.18. The molecule has 2 heterocycles. The molecule has 1 saturated heterocycles. The molecule has 1 unspecified atom stereocenters. The van der Waals surface area contributed by atoms with Crippen molar-refractivity contribution in [3.8, 4) is 5.69 Å². The molecule has 2 N–H and O–H groups in total. The van der Waals surface area contributed by atoms with Crippen molar-refractivity contribution < 1.29 is 9.72 Å². The molecule has 9 nitrogen and oxygen atoms in total. The zero-order valence-corrected chi connectivity index (χ0v) is 15.0. The summed E-state index contributed by atoms with van der Waals surface area (Å²) >= 11 is 0. The second-order valence-corrected chi connectivity index (χ2v) is 6.56. The number of aromatic nitrogens is 2. The molecule has 1 atom stereocenters. The van der Waals surface area contributed by atoms with E-state index in [1.807, 2.05) is 0 Å². The topological polar surface area (TPSA) is 119 Å². The first-order chi connectivity index (χ1) is 13.0. The van der Waals surface area contributed by atoms with Gasteiger partial charge in [-0.15, -0.1) is 0 Å². The van der Waals surface area contributed by atoms with Gasteiger partial charge in [0.1, 0.15) is 5.69 Å². The Balaban J connectivity index is 1.85. The number of carbonyl (C=O) groups excluding carboxylic acids is 1. The van der Waals surface area contributed by atoms with E-state index in [9.17, 15) is 19.7 Å². The van der Waals surface area contributed by atoms with Crippen molar-refractivity contribution in [2.24, 2.45) is 5.92 Å². The number of amides is 1. The zero-order chi connectivity index (χ0) is 19.4. The van der Waals surface area contributed by atoms with Crippen molar-refractivity contribution in [2.45, 2.75) is 19.8 Å². The molecule has 1 fully saturated rings. The summed E-state index contributed by atoms with van der Waals surface area (Å²) in [7, 11) is 0. The number of rotatable bonds is 6. The molecule has 1 aliphatic rings. The molecule has 9 heteroatoms. The summed E-state index contributed by atoms with van der Waals surface area (Å²) in [5.74, 6) is -0.0572. The summed E-state index contributed by atoms with van der Waals surface area (Å²) in [5, 5.41) is 21.4. The summed E-state index contributed by atoms with van der Waals surface area (Å²) in [6.07, 6.45) is 1.89. The Bertz CT molecular complexity index is 918. The van der Waals surface area contributed by atoms with Crippen LogP contribution >= 0.6 is 0 Å². The Morgan fingerprint density at radius 2 is 2.22 bits per heavy atom. The molecular formula is C18H21N5O4. The minimum absolute atomic E-state index is 0.156. The molecule has 27 heavy (non-hydrogen) atoms. The number of benzene rings is 1. The molecule has 0 radical (unpaired) electrons. The number of nitro groups is 1. The second kappa shape index (κ2) is 8.09. The van der Waals surface area contributed by atoms with Gasteiger partial charge in [0.05, 0.1) is 4.92 Å². The summed E-state index contributed by atoms with van der Waals surface area (Å²) < 4.78 is 1.26. The summed E-state index contributed by atoms with van der Waals surface area (Å²) in [6, 6.07) is 7.32. The number of nitrogens with one attached hydrogen (secondary N) is 2. The molecule has 142 valence electrons. The molecule has 0 bridgehead atoms. The number of carbonyl (C=O) groups is 1. The largest absolute Gasteiger partial charge is 0.351 e. The molecular weight excluding hydrogens is 350 g/mol. The van der Waals surface area contributed by atoms with E-state index in [0.29, 0.717) is 18.2 Å². The number of hydrogen-bond acceptors (Lipinski definition) is 6. The predicted molar refractivity (Wildman–Crippen MR) is 99.2 cm³/mol. The van der Waals surface area contributed by atoms with E-state index < -0.39 is 16.3 Å². The lowest BCUT2D eigenvalue weighted by atomic mass is 10.1. The quantitative estimate of drug-likeness (QED) is 0.581. The monoisotopic (exact) mass is 371 g/mol. The van der Waals surface area contributed by atoms with Crippen LogP contribution in [0.5, 0.6) is 0 Å². The molecule has 1 aromatic heterocycles. The fourth-order valence-electron chi connectivity index (χ4n) is 3.18. The highest BCUT2D eigenvalue weighted by Crippen LogP contribution is 2.22. The average Bonchev–Trinajstić information content (AvgIpc) is 3.15. The van der Waals surface area contributed by atoms with Crippen molar-refractivity contribution in [1.82, 2.24) is 20.4 Å². The van der Waals surface area contributed by atoms with E-state index >= 15 is 0 Å². The number of nitrogens with zero attached hydrogens (tertiary/aromatic N) is 3. The molecule has 0 spiro atoms. The van der Waals surface area contributed by atoms with Gasteiger partial charge in [-0.1, -0.05) is 12.1 Å². The van der Waals surface area contributed by atoms with Gasteiger partial charge in [0.2, 0.25) is 5.43 Å². The first kappa shape index (κ1) is 18.7. The minimum Gasteiger partial charge on any atom is -0.351 e. The van der Waals surface area contributed by atoms with Gasteiger partial charge in [-0.3, -0.25) is 19.7 Å². The maximum absolute atomic E-state index is 12.4. The second-order valence-electron chi connectivity index (χ2n) is 6.56. The third kappa shape index (κ3) is 4.20. The third-order valence-electron chi connectivity index (χ3n) is 4.63. The van der Waals surface area contributed by atoms with Crippen molar-refractivity contribution in [2.75, 3.05) is 19.6 Å². The average molecular weight is 371 g/mol. The van der Waals surface area contributed by atoms with E-state index in [1.165, 1.54) is 22.9 Å². The minimum atomic E-state index is -0.571. The maximum atomic E-state index is 12.4. The number of nitro benzene ring substituents is 1. The highest BCUT2D eigenvalue weighted by molar-refractivity contribution is 5.92. The van der Waals surface area contributed by atoms with E-state index in [-0.39, 0.29) is 17.1 Å². The first-order valence-electron chi connectivity index (χ1n) is 8.81. The van der Waals surface area contributed by atoms with E-state index in [4.69, 9.17) is 0 Å². The summed E-state index contributed by atoms with van der Waals surface area (Å²) in [6.45, 7) is 3.98. The lowest BCUT2D eigenvalue weighted by molar-refractivity contribution is -0.384. The Morgan fingerprint density at radius 3 is 2.93 bits per heavy atom. The van der Waals surface area contributed by atoms with Gasteiger partial charge in [0, 0.05) is 24.4 Å². The van der Waals surface area contributed by atoms with Crippen LogP contribution in [-0.2, 0) is 0 Å². The van der Waals surface area contributed by atoms with Crippen molar-refractivity contribution in [3.05, 3.63) is 62.1 Å². The van der Waals surface area contributed by atoms with Crippen LogP contribution < -0.4 is 16.1 Å². The van der Waals surface area contributed by atoms with Gasteiger partial charge < -0.3 is 10.6 Å². The maximum Gasteiger partial charge on any atom is 0.294 e. The van der Waals surface area contributed by atoms with Crippen LogP contribution in [0.1, 0.15) is 29.0 Å². The van der Waals surface area contributed by atoms with Gasteiger partial charge in [0.25, 0.3) is 11.6 Å². The molecule has 3 rings (SSSR count). The molecule has 0 aliphatic carbocycles. The van der Waals surface area contributed by atoms with Crippen molar-refractivity contribution in [3.63, 3.8) is 0 Å². The number of para-hydroxylation sites is 2. The standard InChI is InChI=1S/C18H21N5O4/c1-12-10-16(24)17(18(25)20-9-7-13-6-8-19-11-13)21-22(12)14-4-2-3-5-15(14)23(26)27/h2-5,10,13,19H,6-9,11H2,1H3,(H,20,25). The van der Waals surface area contributed by atoms with Crippen LogP contribution in [0.15, 0.2) is 35.1 Å². The first-order valence-corrected chi connectivity index (χ1v) is 8.81. The van der Waals surface area contributed by atoms with Gasteiger partial charge in [-0.05, 0) is 44.8 Å². The SMILES string of the molecule is Cc1cc(=O)c(C(=O)NCCC2CCNC2)nn1-c1ccccc1[N+](=O)[O-]. The van der Waals surface area contributed by atoms with Crippen molar-refractivity contribution in [1.29, 1.82) is 0 Å². The summed E-state index contributed by atoms with van der Waals surface area (Å²) in [5.41, 5.74) is -0.337. The van der Waals surface area contributed by atoms with Gasteiger partial charge in [0.15, 0.2) is 5.69 Å². The van der Waals surface area contributed by atoms with E-state index in [1.54, 1.807) is 19.1 Å². The van der Waals surface area contributed by atoms with Gasteiger partial charge >= 0.3 is 0 Å². The fraction of sp³-hybridized carbons (Fsp3) is 0.389. The van der Waals surface area contributed by atoms with Crippen LogP contribution in [0.2, 0.25) is 0 Å². The Hall–Kier alpha value is -3.07. The van der Waals surface area contributed by atoms with E-state index in [2.05, 4.69) is 15.7 Å². The van der Waals surface area contributed by atoms with Crippen LogP contribution in [-0.4, -0.2) is 40.2 Å². The Morgan fingerprint density at radius 1 is 1.44 bits per heavy atom. The number of aryl methyl sites for hydroxylation is 1. The molecule has 2 aromatic rings. The summed E-state index contributed by atoms with van der Waals surface area (Å²) in [4.78, 5) is 35.4. The molecule has 0 saturated carbocycles. The van der Waals surface area contributed by atoms with Crippen LogP contribution in [0, 0.1) is 23.0 Å². The van der Waals surface area contributed by atoms with Crippen LogP contribution in [0.4, 0.5) is 5.69 Å². The number of hydrogen-bond donors (Lipinski definition) is 2. The smallest absolute Gasteiger partial charge is 0.294 e.